The van der Waals surface area contributed by atoms with Crippen LogP contribution in [0.4, 0.5) is 5.95 Å². The van der Waals surface area contributed by atoms with Gasteiger partial charge in [-0.25, -0.2) is 4.98 Å². The minimum atomic E-state index is -0.106. The Morgan fingerprint density at radius 1 is 1.06 bits per heavy atom. The number of aromatic amines is 1. The zero-order valence-electron chi connectivity index (χ0n) is 19.9. The van der Waals surface area contributed by atoms with Gasteiger partial charge in [0, 0.05) is 30.1 Å². The second-order valence-corrected chi connectivity index (χ2v) is 10.7. The lowest BCUT2D eigenvalue weighted by Gasteiger charge is -2.33. The van der Waals surface area contributed by atoms with Gasteiger partial charge in [-0.1, -0.05) is 56.4 Å². The molecule has 3 heterocycles. The molecule has 2 fully saturated rings. The smallest absolute Gasteiger partial charge is 0.270 e. The van der Waals surface area contributed by atoms with Crippen LogP contribution in [-0.4, -0.2) is 35.0 Å². The number of carbonyl (C=O) groups is 1. The lowest BCUT2D eigenvalue weighted by Crippen LogP contribution is -2.46. The number of amides is 1. The van der Waals surface area contributed by atoms with Crippen molar-refractivity contribution in [3.05, 3.63) is 45.6 Å². The summed E-state index contributed by atoms with van der Waals surface area (Å²) in [7, 11) is 0. The first-order chi connectivity index (χ1) is 16.6. The zero-order valence-corrected chi connectivity index (χ0v) is 20.8. The van der Waals surface area contributed by atoms with E-state index in [-0.39, 0.29) is 17.4 Å². The SMILES string of the molecule is Cc1ccccc1-c1csc2c(=O)[nH]c(N3CCC[C@H](C(=O)NC4CCCCCCC4)C3)nc12. The average molecular weight is 479 g/mol. The number of hydrogen-bond acceptors (Lipinski definition) is 5. The third kappa shape index (κ3) is 4.90. The molecule has 7 heteroatoms. The molecule has 2 N–H and O–H groups in total. The molecule has 0 bridgehead atoms. The number of nitrogens with one attached hydrogen (secondary N) is 2. The Labute approximate surface area is 204 Å². The molecule has 0 radical (unpaired) electrons. The van der Waals surface area contributed by atoms with Crippen LogP contribution in [0.1, 0.15) is 63.4 Å². The largest absolute Gasteiger partial charge is 0.353 e. The summed E-state index contributed by atoms with van der Waals surface area (Å²) in [6.45, 7) is 3.47. The Morgan fingerprint density at radius 3 is 2.62 bits per heavy atom. The number of benzene rings is 1. The predicted molar refractivity (Wildman–Crippen MR) is 140 cm³/mol. The van der Waals surface area contributed by atoms with E-state index in [0.29, 0.717) is 23.2 Å². The molecule has 1 aromatic carbocycles. The number of hydrogen-bond donors (Lipinski definition) is 2. The lowest BCUT2D eigenvalue weighted by molar-refractivity contribution is -0.126. The number of H-pyrrole nitrogens is 1. The molecule has 1 aliphatic carbocycles. The van der Waals surface area contributed by atoms with Crippen molar-refractivity contribution in [1.82, 2.24) is 15.3 Å². The van der Waals surface area contributed by atoms with Gasteiger partial charge < -0.3 is 10.2 Å². The Kier molecular flexibility index (Phi) is 6.99. The van der Waals surface area contributed by atoms with Crippen LogP contribution in [0, 0.1) is 12.8 Å². The molecule has 0 unspecified atom stereocenters. The molecule has 180 valence electrons. The molecular weight excluding hydrogens is 444 g/mol. The molecule has 3 aromatic rings. The van der Waals surface area contributed by atoms with Gasteiger partial charge >= 0.3 is 0 Å². The van der Waals surface area contributed by atoms with E-state index in [4.69, 9.17) is 4.98 Å². The van der Waals surface area contributed by atoms with Crippen molar-refractivity contribution in [1.29, 1.82) is 0 Å². The van der Waals surface area contributed by atoms with Gasteiger partial charge in [0.25, 0.3) is 5.56 Å². The maximum absolute atomic E-state index is 13.1. The number of fused-ring (bicyclic) bond motifs is 1. The van der Waals surface area contributed by atoms with Gasteiger partial charge in [0.1, 0.15) is 4.70 Å². The molecule has 6 nitrogen and oxygen atoms in total. The van der Waals surface area contributed by atoms with Crippen LogP contribution in [0.3, 0.4) is 0 Å². The van der Waals surface area contributed by atoms with Crippen molar-refractivity contribution in [3.63, 3.8) is 0 Å². The van der Waals surface area contributed by atoms with Gasteiger partial charge in [-0.2, -0.15) is 0 Å². The maximum atomic E-state index is 13.1. The Bertz CT molecular complexity index is 1210. The number of thiophene rings is 1. The summed E-state index contributed by atoms with van der Waals surface area (Å²) >= 11 is 1.44. The average Bonchev–Trinajstić information content (AvgIpc) is 3.25. The fourth-order valence-electron chi connectivity index (χ4n) is 5.43. The lowest BCUT2D eigenvalue weighted by atomic mass is 9.94. The first-order valence-electron chi connectivity index (χ1n) is 12.7. The van der Waals surface area contributed by atoms with E-state index in [1.165, 1.54) is 43.4 Å². The summed E-state index contributed by atoms with van der Waals surface area (Å²) in [6, 6.07) is 8.51. The molecular formula is C27H34N4O2S. The number of carbonyl (C=O) groups excluding carboxylic acids is 1. The molecule has 0 spiro atoms. The summed E-state index contributed by atoms with van der Waals surface area (Å²) in [5.41, 5.74) is 3.91. The monoisotopic (exact) mass is 478 g/mol. The van der Waals surface area contributed by atoms with Crippen molar-refractivity contribution in [2.24, 2.45) is 5.92 Å². The molecule has 2 aliphatic rings. The number of aromatic nitrogens is 2. The van der Waals surface area contributed by atoms with Crippen LogP contribution in [0.25, 0.3) is 21.3 Å². The van der Waals surface area contributed by atoms with Gasteiger partial charge in [-0.05, 0) is 43.7 Å². The highest BCUT2D eigenvalue weighted by Crippen LogP contribution is 2.34. The van der Waals surface area contributed by atoms with Gasteiger partial charge in [0.15, 0.2) is 0 Å². The minimum absolute atomic E-state index is 0.0708. The van der Waals surface area contributed by atoms with E-state index < -0.39 is 0 Å². The van der Waals surface area contributed by atoms with Crippen LogP contribution in [-0.2, 0) is 4.79 Å². The van der Waals surface area contributed by atoms with Gasteiger partial charge in [0.05, 0.1) is 11.4 Å². The minimum Gasteiger partial charge on any atom is -0.353 e. The first kappa shape index (κ1) is 23.1. The van der Waals surface area contributed by atoms with E-state index in [1.807, 2.05) is 17.5 Å². The van der Waals surface area contributed by atoms with Crippen molar-refractivity contribution in [2.75, 3.05) is 18.0 Å². The fraction of sp³-hybridized carbons (Fsp3) is 0.519. The van der Waals surface area contributed by atoms with Gasteiger partial charge in [-0.3, -0.25) is 14.6 Å². The van der Waals surface area contributed by atoms with E-state index in [9.17, 15) is 9.59 Å². The first-order valence-corrected chi connectivity index (χ1v) is 13.6. The van der Waals surface area contributed by atoms with E-state index >= 15 is 0 Å². The van der Waals surface area contributed by atoms with Crippen LogP contribution >= 0.6 is 11.3 Å². The molecule has 5 rings (SSSR count). The second-order valence-electron chi connectivity index (χ2n) is 9.87. The van der Waals surface area contributed by atoms with Crippen LogP contribution in [0.2, 0.25) is 0 Å². The van der Waals surface area contributed by atoms with Crippen LogP contribution in [0.5, 0.6) is 0 Å². The highest BCUT2D eigenvalue weighted by atomic mass is 32.1. The van der Waals surface area contributed by atoms with Crippen LogP contribution < -0.4 is 15.8 Å². The zero-order chi connectivity index (χ0) is 23.5. The number of piperidine rings is 1. The summed E-state index contributed by atoms with van der Waals surface area (Å²) in [5.74, 6) is 0.669. The predicted octanol–water partition coefficient (Wildman–Crippen LogP) is 5.41. The molecule has 1 atom stereocenters. The summed E-state index contributed by atoms with van der Waals surface area (Å²) in [4.78, 5) is 36.0. The second kappa shape index (κ2) is 10.3. The quantitative estimate of drug-likeness (QED) is 0.526. The van der Waals surface area contributed by atoms with E-state index in [2.05, 4.69) is 34.3 Å². The Balaban J connectivity index is 1.36. The topological polar surface area (TPSA) is 78.1 Å². The molecule has 34 heavy (non-hydrogen) atoms. The fourth-order valence-corrected chi connectivity index (χ4v) is 6.33. The third-order valence-electron chi connectivity index (χ3n) is 7.39. The summed E-state index contributed by atoms with van der Waals surface area (Å²) in [5, 5.41) is 5.37. The van der Waals surface area contributed by atoms with Gasteiger partial charge in [-0.15, -0.1) is 11.3 Å². The standard InChI is InChI=1S/C27H34N4O2S/c1-18-10-7-8-14-21(18)22-17-34-24-23(22)29-27(30-26(24)33)31-15-9-11-19(16-31)25(32)28-20-12-5-3-2-4-6-13-20/h7-8,10,14,17,19-20H,2-6,9,11-13,15-16H2,1H3,(H,28,32)(H,29,30,33)/t19-/m0/s1. The highest BCUT2D eigenvalue weighted by molar-refractivity contribution is 7.17. The highest BCUT2D eigenvalue weighted by Gasteiger charge is 2.29. The van der Waals surface area contributed by atoms with E-state index in [1.54, 1.807) is 0 Å². The summed E-state index contributed by atoms with van der Waals surface area (Å²) < 4.78 is 0.651. The van der Waals surface area contributed by atoms with Gasteiger partial charge in [0.2, 0.25) is 11.9 Å². The molecule has 1 amide bonds. The third-order valence-corrected chi connectivity index (χ3v) is 8.36. The molecule has 1 saturated carbocycles. The van der Waals surface area contributed by atoms with Crippen molar-refractivity contribution >= 4 is 33.4 Å². The number of rotatable bonds is 4. The number of anilines is 1. The normalized spacial score (nSPS) is 20.1. The van der Waals surface area contributed by atoms with Crippen molar-refractivity contribution in [3.8, 4) is 11.1 Å². The van der Waals surface area contributed by atoms with Crippen LogP contribution in [0.15, 0.2) is 34.4 Å². The van der Waals surface area contributed by atoms with E-state index in [0.717, 1.165) is 54.4 Å². The number of aryl methyl sites for hydroxylation is 1. The summed E-state index contributed by atoms with van der Waals surface area (Å²) in [6.07, 6.45) is 10.3. The van der Waals surface area contributed by atoms with Crippen molar-refractivity contribution < 1.29 is 4.79 Å². The maximum Gasteiger partial charge on any atom is 0.270 e. The molecule has 1 aliphatic heterocycles. The number of nitrogens with zero attached hydrogens (tertiary/aromatic N) is 2. The molecule has 1 saturated heterocycles. The van der Waals surface area contributed by atoms with Crippen molar-refractivity contribution in [2.45, 2.75) is 70.8 Å². The Morgan fingerprint density at radius 2 is 1.82 bits per heavy atom. The molecule has 2 aromatic heterocycles. The Hall–Kier alpha value is -2.67.